The monoisotopic (exact) mass is 532 g/mol. The summed E-state index contributed by atoms with van der Waals surface area (Å²) >= 11 is 3.47. The van der Waals surface area contributed by atoms with Gasteiger partial charge in [0.05, 0.1) is 16.8 Å². The second-order valence-electron chi connectivity index (χ2n) is 8.17. The molecule has 0 aliphatic carbocycles. The van der Waals surface area contributed by atoms with Crippen molar-refractivity contribution in [3.63, 3.8) is 0 Å². The first-order chi connectivity index (χ1) is 17.0. The predicted molar refractivity (Wildman–Crippen MR) is 142 cm³/mol. The molecular formula is C28H27BrN3O3+. The highest BCUT2D eigenvalue weighted by atomic mass is 79.9. The van der Waals surface area contributed by atoms with E-state index in [0.29, 0.717) is 17.7 Å². The molecule has 0 unspecified atom stereocenters. The summed E-state index contributed by atoms with van der Waals surface area (Å²) < 4.78 is 8.23. The molecule has 0 fully saturated rings. The van der Waals surface area contributed by atoms with E-state index in [-0.39, 0.29) is 12.5 Å². The molecule has 35 heavy (non-hydrogen) atoms. The smallest absolute Gasteiger partial charge is 0.411 e. The molecule has 0 aliphatic heterocycles. The molecule has 7 heteroatoms. The van der Waals surface area contributed by atoms with Crippen LogP contribution in [0.3, 0.4) is 0 Å². The number of benzene rings is 3. The van der Waals surface area contributed by atoms with Crippen molar-refractivity contribution in [2.24, 2.45) is 0 Å². The van der Waals surface area contributed by atoms with E-state index in [2.05, 4.69) is 33.5 Å². The molecule has 0 bridgehead atoms. The number of anilines is 2. The Bertz CT molecular complexity index is 1330. The minimum absolute atomic E-state index is 0.169. The van der Waals surface area contributed by atoms with Crippen molar-refractivity contribution < 1.29 is 18.9 Å². The molecule has 0 saturated heterocycles. The van der Waals surface area contributed by atoms with Crippen LogP contribution in [0.25, 0.3) is 10.8 Å². The highest BCUT2D eigenvalue weighted by Crippen LogP contribution is 2.23. The summed E-state index contributed by atoms with van der Waals surface area (Å²) in [6, 6.07) is 22.9. The first kappa shape index (κ1) is 24.4. The molecule has 4 aromatic rings. The molecule has 3 aromatic carbocycles. The number of hydrogen-bond donors (Lipinski definition) is 2. The lowest BCUT2D eigenvalue weighted by Gasteiger charge is -2.10. The first-order valence-electron chi connectivity index (χ1n) is 11.5. The Balaban J connectivity index is 1.28. The number of rotatable bonds is 8. The van der Waals surface area contributed by atoms with Gasteiger partial charge < -0.3 is 10.1 Å². The van der Waals surface area contributed by atoms with Gasteiger partial charge in [-0.25, -0.2) is 9.36 Å². The van der Waals surface area contributed by atoms with Crippen LogP contribution in [0.5, 0.6) is 0 Å². The van der Waals surface area contributed by atoms with Gasteiger partial charge in [0.15, 0.2) is 12.4 Å². The molecule has 0 aliphatic rings. The van der Waals surface area contributed by atoms with Gasteiger partial charge in [0.2, 0.25) is 0 Å². The zero-order chi connectivity index (χ0) is 24.6. The minimum atomic E-state index is -0.487. The zero-order valence-electron chi connectivity index (χ0n) is 19.5. The van der Waals surface area contributed by atoms with Crippen LogP contribution in [0, 0.1) is 0 Å². The topological polar surface area (TPSA) is 71.3 Å². The quantitative estimate of drug-likeness (QED) is 0.260. The van der Waals surface area contributed by atoms with Crippen LogP contribution in [-0.2, 0) is 17.7 Å². The van der Waals surface area contributed by atoms with Gasteiger partial charge in [-0.2, -0.15) is 0 Å². The van der Waals surface area contributed by atoms with E-state index < -0.39 is 6.09 Å². The van der Waals surface area contributed by atoms with Gasteiger partial charge >= 0.3 is 6.09 Å². The molecule has 0 spiro atoms. The first-order valence-corrected chi connectivity index (χ1v) is 12.3. The maximum absolute atomic E-state index is 12.7. The third kappa shape index (κ3) is 6.67. The number of aromatic nitrogens is 1. The van der Waals surface area contributed by atoms with Crippen molar-refractivity contribution in [3.8, 4) is 0 Å². The van der Waals surface area contributed by atoms with Gasteiger partial charge in [0.1, 0.15) is 12.1 Å². The molecule has 0 atom stereocenters. The summed E-state index contributed by atoms with van der Waals surface area (Å²) in [5.74, 6) is -0.169. The summed E-state index contributed by atoms with van der Waals surface area (Å²) in [5, 5.41) is 7.77. The average Bonchev–Trinajstić information content (AvgIpc) is 2.85. The van der Waals surface area contributed by atoms with Crippen LogP contribution < -0.4 is 15.2 Å². The Kier molecular flexibility index (Phi) is 8.11. The lowest BCUT2D eigenvalue weighted by Crippen LogP contribution is -2.34. The van der Waals surface area contributed by atoms with Crippen molar-refractivity contribution in [1.29, 1.82) is 0 Å². The third-order valence-corrected chi connectivity index (χ3v) is 5.93. The Morgan fingerprint density at radius 3 is 2.51 bits per heavy atom. The number of nitrogens with zero attached hydrogens (tertiary/aromatic N) is 1. The fourth-order valence-corrected chi connectivity index (χ4v) is 4.32. The summed E-state index contributed by atoms with van der Waals surface area (Å²) in [5.41, 5.74) is 3.01. The average molecular weight is 533 g/mol. The van der Waals surface area contributed by atoms with E-state index in [1.54, 1.807) is 6.07 Å². The third-order valence-electron chi connectivity index (χ3n) is 5.49. The van der Waals surface area contributed by atoms with Gasteiger partial charge in [-0.15, -0.1) is 0 Å². The number of nitrogens with one attached hydrogen (secondary N) is 2. The molecule has 1 heterocycles. The normalized spacial score (nSPS) is 10.7. The van der Waals surface area contributed by atoms with E-state index in [1.807, 2.05) is 83.7 Å². The Hall–Kier alpha value is -3.71. The van der Waals surface area contributed by atoms with Crippen LogP contribution in [0.4, 0.5) is 16.2 Å². The molecule has 0 radical (unpaired) electrons. The number of carbonyl (C=O) groups excluding carboxylic acids is 2. The number of aryl methyl sites for hydroxylation is 1. The van der Waals surface area contributed by atoms with Crippen molar-refractivity contribution in [1.82, 2.24) is 0 Å². The maximum atomic E-state index is 12.7. The van der Waals surface area contributed by atoms with Crippen molar-refractivity contribution >= 4 is 50.1 Å². The summed E-state index contributed by atoms with van der Waals surface area (Å²) in [7, 11) is 0. The number of pyridine rings is 1. The maximum Gasteiger partial charge on any atom is 0.411 e. The van der Waals surface area contributed by atoms with Gasteiger partial charge in [-0.05, 0) is 51.1 Å². The Morgan fingerprint density at radius 2 is 1.71 bits per heavy atom. The number of hydrogen-bond acceptors (Lipinski definition) is 3. The van der Waals surface area contributed by atoms with Crippen LogP contribution >= 0.6 is 15.9 Å². The lowest BCUT2D eigenvalue weighted by molar-refractivity contribution is -0.697. The SMILES string of the molecule is CCC[n+]1cc(Br)cc(C(=O)Nc2ccc(CCOC(=O)Nc3cccc4ccccc34)cc2)c1. The predicted octanol–water partition coefficient (Wildman–Crippen LogP) is 6.34. The second-order valence-corrected chi connectivity index (χ2v) is 9.08. The summed E-state index contributed by atoms with van der Waals surface area (Å²) in [6.45, 7) is 3.19. The second kappa shape index (κ2) is 11.6. The number of carbonyl (C=O) groups is 2. The van der Waals surface area contributed by atoms with Crippen molar-refractivity contribution in [3.05, 3.63) is 101 Å². The number of amides is 2. The molecule has 6 nitrogen and oxygen atoms in total. The van der Waals surface area contributed by atoms with E-state index in [0.717, 1.165) is 39.5 Å². The molecule has 1 aromatic heterocycles. The fraction of sp³-hybridized carbons (Fsp3) is 0.179. The summed E-state index contributed by atoms with van der Waals surface area (Å²) in [6.07, 6.45) is 4.87. The molecule has 2 amide bonds. The van der Waals surface area contributed by atoms with Crippen molar-refractivity contribution in [2.75, 3.05) is 17.2 Å². The van der Waals surface area contributed by atoms with Gasteiger partial charge in [0.25, 0.3) is 5.91 Å². The highest BCUT2D eigenvalue weighted by Gasteiger charge is 2.13. The van der Waals surface area contributed by atoms with Crippen LogP contribution in [0.1, 0.15) is 29.3 Å². The standard InChI is InChI=1S/C28H26BrN3O3/c1-2-15-32-18-22(17-23(29)19-32)27(33)30-24-12-10-20(11-13-24)14-16-35-28(34)31-26-9-5-7-21-6-3-4-8-25(21)26/h3-13,17-19H,2,14-16H2,1H3,(H-,30,31,33,34)/p+1. The van der Waals surface area contributed by atoms with E-state index >= 15 is 0 Å². The zero-order valence-corrected chi connectivity index (χ0v) is 21.0. The molecule has 4 rings (SSSR count). The van der Waals surface area contributed by atoms with Crippen LogP contribution in [0.15, 0.2) is 89.7 Å². The van der Waals surface area contributed by atoms with E-state index in [4.69, 9.17) is 4.74 Å². The molecule has 178 valence electrons. The van der Waals surface area contributed by atoms with E-state index in [9.17, 15) is 9.59 Å². The highest BCUT2D eigenvalue weighted by molar-refractivity contribution is 9.10. The largest absolute Gasteiger partial charge is 0.449 e. The lowest BCUT2D eigenvalue weighted by atomic mass is 10.1. The Morgan fingerprint density at radius 1 is 0.943 bits per heavy atom. The van der Waals surface area contributed by atoms with Crippen LogP contribution in [-0.4, -0.2) is 18.6 Å². The van der Waals surface area contributed by atoms with Gasteiger partial charge in [-0.1, -0.05) is 55.5 Å². The minimum Gasteiger partial charge on any atom is -0.449 e. The number of ether oxygens (including phenoxy) is 1. The van der Waals surface area contributed by atoms with Crippen LogP contribution in [0.2, 0.25) is 0 Å². The van der Waals surface area contributed by atoms with Crippen molar-refractivity contribution in [2.45, 2.75) is 26.3 Å². The summed E-state index contributed by atoms with van der Waals surface area (Å²) in [4.78, 5) is 24.9. The fourth-order valence-electron chi connectivity index (χ4n) is 3.81. The molecular weight excluding hydrogens is 506 g/mol. The molecule has 0 saturated carbocycles. The number of fused-ring (bicyclic) bond motifs is 1. The van der Waals surface area contributed by atoms with Gasteiger partial charge in [-0.3, -0.25) is 10.1 Å². The number of halogens is 1. The Labute approximate surface area is 213 Å². The van der Waals surface area contributed by atoms with E-state index in [1.165, 1.54) is 0 Å². The molecule has 2 N–H and O–H groups in total. The van der Waals surface area contributed by atoms with Gasteiger partial charge in [0, 0.05) is 23.9 Å².